The molecule has 0 aliphatic carbocycles. The monoisotopic (exact) mass is 335 g/mol. The molecule has 6 nitrogen and oxygen atoms in total. The Hall–Kier alpha value is -0.530. The lowest BCUT2D eigenvalue weighted by atomic mass is 10.1. The van der Waals surface area contributed by atoms with Gasteiger partial charge in [0.1, 0.15) is 6.61 Å². The van der Waals surface area contributed by atoms with Gasteiger partial charge in [-0.2, -0.15) is 0 Å². The third-order valence-corrected chi connectivity index (χ3v) is 2.68. The van der Waals surface area contributed by atoms with Crippen molar-refractivity contribution >= 4 is 5.78 Å². The fourth-order valence-electron chi connectivity index (χ4n) is 1.32. The van der Waals surface area contributed by atoms with Crippen molar-refractivity contribution < 1.29 is 23.7 Å². The van der Waals surface area contributed by atoms with Crippen LogP contribution in [0.5, 0.6) is 0 Å². The molecule has 1 N–H and O–H groups in total. The van der Waals surface area contributed by atoms with Crippen molar-refractivity contribution in [3.05, 3.63) is 0 Å². The van der Waals surface area contributed by atoms with Gasteiger partial charge >= 0.3 is 0 Å². The Morgan fingerprint density at radius 1 is 0.826 bits per heavy atom. The zero-order chi connectivity index (χ0) is 17.8. The largest absolute Gasteiger partial charge is 0.378 e. The molecule has 0 aromatic heterocycles. The van der Waals surface area contributed by atoms with Crippen LogP contribution in [0.1, 0.15) is 34.6 Å². The number of hydrogen-bond donors (Lipinski definition) is 1. The van der Waals surface area contributed by atoms with Crippen LogP contribution in [-0.4, -0.2) is 71.7 Å². The molecule has 0 radical (unpaired) electrons. The van der Waals surface area contributed by atoms with Gasteiger partial charge in [-0.3, -0.25) is 4.79 Å². The fourth-order valence-corrected chi connectivity index (χ4v) is 1.32. The number of likely N-dealkylation sites (N-methyl/N-ethyl adjacent to an activating group) is 1. The second-order valence-electron chi connectivity index (χ2n) is 4.86. The first-order valence-corrected chi connectivity index (χ1v) is 8.72. The summed E-state index contributed by atoms with van der Waals surface area (Å²) in [6.45, 7) is 15.7. The van der Waals surface area contributed by atoms with Crippen molar-refractivity contribution in [2.45, 2.75) is 34.6 Å². The Labute approximate surface area is 142 Å². The molecule has 0 amide bonds. The summed E-state index contributed by atoms with van der Waals surface area (Å²) in [7, 11) is 0. The molecule has 0 saturated carbocycles. The zero-order valence-corrected chi connectivity index (χ0v) is 15.7. The van der Waals surface area contributed by atoms with Gasteiger partial charge in [-0.25, -0.2) is 0 Å². The SMILES string of the molecule is CC.CCNCCOCCOCCOCCOCC(=O)C(C)C. The van der Waals surface area contributed by atoms with E-state index in [1.807, 2.05) is 27.7 Å². The van der Waals surface area contributed by atoms with Crippen LogP contribution >= 0.6 is 0 Å². The van der Waals surface area contributed by atoms with E-state index in [0.717, 1.165) is 13.1 Å². The highest BCUT2D eigenvalue weighted by Crippen LogP contribution is 1.94. The highest BCUT2D eigenvalue weighted by molar-refractivity contribution is 5.81. The van der Waals surface area contributed by atoms with E-state index >= 15 is 0 Å². The van der Waals surface area contributed by atoms with E-state index < -0.39 is 0 Å². The molecule has 0 bridgehead atoms. The van der Waals surface area contributed by atoms with E-state index in [9.17, 15) is 4.79 Å². The van der Waals surface area contributed by atoms with Crippen LogP contribution in [-0.2, 0) is 23.7 Å². The minimum absolute atomic E-state index is 0.0271. The van der Waals surface area contributed by atoms with Gasteiger partial charge in [0.15, 0.2) is 5.78 Å². The normalized spacial score (nSPS) is 10.5. The molecule has 0 rings (SSSR count). The number of ketones is 1. The fraction of sp³-hybridized carbons (Fsp3) is 0.941. The second-order valence-corrected chi connectivity index (χ2v) is 4.86. The van der Waals surface area contributed by atoms with Crippen molar-refractivity contribution in [3.63, 3.8) is 0 Å². The molecular formula is C17H37NO5. The van der Waals surface area contributed by atoms with E-state index in [1.54, 1.807) is 0 Å². The summed E-state index contributed by atoms with van der Waals surface area (Å²) in [5.41, 5.74) is 0. The first-order valence-electron chi connectivity index (χ1n) is 8.72. The smallest absolute Gasteiger partial charge is 0.160 e. The molecule has 23 heavy (non-hydrogen) atoms. The Morgan fingerprint density at radius 3 is 1.70 bits per heavy atom. The molecule has 0 fully saturated rings. The molecule has 0 spiro atoms. The maximum absolute atomic E-state index is 11.3. The molecule has 0 saturated heterocycles. The molecule has 0 heterocycles. The molecule has 0 aliphatic rings. The predicted molar refractivity (Wildman–Crippen MR) is 93.0 cm³/mol. The average molecular weight is 335 g/mol. The summed E-state index contributed by atoms with van der Waals surface area (Å²) in [6.07, 6.45) is 0. The summed E-state index contributed by atoms with van der Waals surface area (Å²) in [4.78, 5) is 11.3. The standard InChI is InChI=1S/C15H31NO5.C2H6/c1-4-16-5-6-18-7-8-19-9-10-20-11-12-21-13-15(17)14(2)3;1-2/h14,16H,4-13H2,1-3H3;1-2H3. The van der Waals surface area contributed by atoms with Crippen molar-refractivity contribution in [1.82, 2.24) is 5.32 Å². The lowest BCUT2D eigenvalue weighted by Gasteiger charge is -2.08. The van der Waals surface area contributed by atoms with E-state index in [2.05, 4.69) is 12.2 Å². The molecule has 6 heteroatoms. The predicted octanol–water partition coefficient (Wildman–Crippen LogP) is 1.91. The van der Waals surface area contributed by atoms with Crippen LogP contribution in [0.25, 0.3) is 0 Å². The number of hydrogen-bond acceptors (Lipinski definition) is 6. The number of carbonyl (C=O) groups is 1. The van der Waals surface area contributed by atoms with Gasteiger partial charge in [-0.05, 0) is 6.54 Å². The lowest BCUT2D eigenvalue weighted by molar-refractivity contribution is -0.127. The lowest BCUT2D eigenvalue weighted by Crippen LogP contribution is -2.20. The van der Waals surface area contributed by atoms with Crippen molar-refractivity contribution in [2.75, 3.05) is 65.9 Å². The Morgan fingerprint density at radius 2 is 1.26 bits per heavy atom. The number of carbonyl (C=O) groups excluding carboxylic acids is 1. The van der Waals surface area contributed by atoms with E-state index in [1.165, 1.54) is 0 Å². The van der Waals surface area contributed by atoms with Crippen LogP contribution in [0.15, 0.2) is 0 Å². The van der Waals surface area contributed by atoms with Crippen LogP contribution in [0.3, 0.4) is 0 Å². The minimum atomic E-state index is 0.0271. The highest BCUT2D eigenvalue weighted by Gasteiger charge is 2.06. The van der Waals surface area contributed by atoms with Crippen LogP contribution in [0.2, 0.25) is 0 Å². The molecule has 0 aromatic carbocycles. The Balaban J connectivity index is 0. The third-order valence-electron chi connectivity index (χ3n) is 2.68. The maximum atomic E-state index is 11.3. The molecule has 140 valence electrons. The molecule has 0 aliphatic heterocycles. The van der Waals surface area contributed by atoms with Crippen molar-refractivity contribution in [1.29, 1.82) is 0 Å². The molecule has 0 aromatic rings. The second kappa shape index (κ2) is 21.5. The number of nitrogens with one attached hydrogen (secondary N) is 1. The Bertz CT molecular complexity index is 237. The summed E-state index contributed by atoms with van der Waals surface area (Å²) in [6, 6.07) is 0. The van der Waals surface area contributed by atoms with Crippen LogP contribution in [0.4, 0.5) is 0 Å². The van der Waals surface area contributed by atoms with Gasteiger partial charge in [0.2, 0.25) is 0 Å². The zero-order valence-electron chi connectivity index (χ0n) is 15.7. The summed E-state index contributed by atoms with van der Waals surface area (Å²) in [5.74, 6) is 0.145. The van der Waals surface area contributed by atoms with Crippen molar-refractivity contribution in [3.8, 4) is 0 Å². The number of ether oxygens (including phenoxy) is 4. The van der Waals surface area contributed by atoms with Gasteiger partial charge in [0.05, 0.1) is 46.2 Å². The first kappa shape index (κ1) is 24.7. The van der Waals surface area contributed by atoms with Gasteiger partial charge < -0.3 is 24.3 Å². The van der Waals surface area contributed by atoms with Gasteiger partial charge in [-0.1, -0.05) is 34.6 Å². The molecule has 0 atom stereocenters. The van der Waals surface area contributed by atoms with Gasteiger partial charge in [-0.15, -0.1) is 0 Å². The summed E-state index contributed by atoms with van der Waals surface area (Å²) < 4.78 is 21.2. The van der Waals surface area contributed by atoms with Gasteiger partial charge in [0, 0.05) is 12.5 Å². The molecule has 0 unspecified atom stereocenters. The minimum Gasteiger partial charge on any atom is -0.378 e. The van der Waals surface area contributed by atoms with E-state index in [4.69, 9.17) is 18.9 Å². The summed E-state index contributed by atoms with van der Waals surface area (Å²) >= 11 is 0. The number of Topliss-reactive ketones (excluding diaryl/α,β-unsaturated/α-hetero) is 1. The van der Waals surface area contributed by atoms with Crippen LogP contribution < -0.4 is 5.32 Å². The topological polar surface area (TPSA) is 66.0 Å². The quantitative estimate of drug-likeness (QED) is 0.435. The van der Waals surface area contributed by atoms with Crippen LogP contribution in [0, 0.1) is 5.92 Å². The van der Waals surface area contributed by atoms with Gasteiger partial charge in [0.25, 0.3) is 0 Å². The Kier molecular flexibility index (Phi) is 23.1. The van der Waals surface area contributed by atoms with E-state index in [0.29, 0.717) is 46.2 Å². The number of rotatable bonds is 16. The van der Waals surface area contributed by atoms with Crippen molar-refractivity contribution in [2.24, 2.45) is 5.92 Å². The third kappa shape index (κ3) is 21.5. The maximum Gasteiger partial charge on any atom is 0.160 e. The highest BCUT2D eigenvalue weighted by atomic mass is 16.6. The molecular weight excluding hydrogens is 298 g/mol. The summed E-state index contributed by atoms with van der Waals surface area (Å²) in [5, 5.41) is 3.18. The van der Waals surface area contributed by atoms with E-state index in [-0.39, 0.29) is 18.3 Å². The average Bonchev–Trinajstić information content (AvgIpc) is 2.56. The first-order chi connectivity index (χ1) is 11.2.